The minimum Gasteiger partial charge on any atom is -0.322 e. The molecule has 5 nitrogen and oxygen atoms in total. The molecule has 22 heavy (non-hydrogen) atoms. The van der Waals surface area contributed by atoms with Crippen molar-refractivity contribution in [2.45, 2.75) is 19.8 Å². The van der Waals surface area contributed by atoms with E-state index in [0.717, 1.165) is 6.07 Å². The Bertz CT molecular complexity index is 797. The van der Waals surface area contributed by atoms with E-state index in [0.29, 0.717) is 24.1 Å². The Kier molecular flexibility index (Phi) is 3.55. The second-order valence-corrected chi connectivity index (χ2v) is 5.42. The highest BCUT2D eigenvalue weighted by Crippen LogP contribution is 2.25. The number of carbonyl (C=O) groups is 1. The number of nitrogens with zero attached hydrogens (tertiary/aromatic N) is 3. The molecule has 0 radical (unpaired) electrons. The first-order valence-corrected chi connectivity index (χ1v) is 6.92. The van der Waals surface area contributed by atoms with Crippen LogP contribution in [0.5, 0.6) is 0 Å². The van der Waals surface area contributed by atoms with E-state index >= 15 is 0 Å². The van der Waals surface area contributed by atoms with E-state index in [9.17, 15) is 9.18 Å². The minimum atomic E-state index is -0.551. The summed E-state index contributed by atoms with van der Waals surface area (Å²) in [6.07, 6.45) is 2.70. The van der Waals surface area contributed by atoms with Crippen molar-refractivity contribution in [3.05, 3.63) is 47.0 Å². The summed E-state index contributed by atoms with van der Waals surface area (Å²) in [5, 5.41) is 11.5. The lowest BCUT2D eigenvalue weighted by molar-refractivity contribution is 0.0951. The standard InChI is InChI=1S/C16H13FN4O/c1-9-4-14-11(15(22)5-9)8-19-16(21-14)20-13-3-2-10(7-18)6-12(13)17/h2-3,6,8-9H,4-5H2,1H3,(H,19,20,21). The van der Waals surface area contributed by atoms with Gasteiger partial charge in [0.05, 0.1) is 28.6 Å². The van der Waals surface area contributed by atoms with Crippen LogP contribution >= 0.6 is 0 Å². The number of hydrogen-bond donors (Lipinski definition) is 1. The Morgan fingerprint density at radius 2 is 2.23 bits per heavy atom. The first-order valence-electron chi connectivity index (χ1n) is 6.92. The van der Waals surface area contributed by atoms with Crippen molar-refractivity contribution in [2.75, 3.05) is 5.32 Å². The van der Waals surface area contributed by atoms with Crippen molar-refractivity contribution in [1.29, 1.82) is 5.26 Å². The number of nitriles is 1. The number of aromatic nitrogens is 2. The third-order valence-electron chi connectivity index (χ3n) is 3.59. The molecule has 0 saturated heterocycles. The smallest absolute Gasteiger partial charge is 0.227 e. The molecule has 110 valence electrons. The van der Waals surface area contributed by atoms with Crippen molar-refractivity contribution in [2.24, 2.45) is 5.92 Å². The zero-order valence-electron chi connectivity index (χ0n) is 11.9. The summed E-state index contributed by atoms with van der Waals surface area (Å²) >= 11 is 0. The number of benzene rings is 1. The van der Waals surface area contributed by atoms with Crippen LogP contribution in [0.4, 0.5) is 16.0 Å². The van der Waals surface area contributed by atoms with Crippen molar-refractivity contribution < 1.29 is 9.18 Å². The Balaban J connectivity index is 1.89. The molecule has 6 heteroatoms. The quantitative estimate of drug-likeness (QED) is 0.921. The SMILES string of the molecule is CC1CC(=O)c2cnc(Nc3ccc(C#N)cc3F)nc2C1. The van der Waals surface area contributed by atoms with Crippen LogP contribution in [0.25, 0.3) is 0 Å². The fourth-order valence-electron chi connectivity index (χ4n) is 2.50. The van der Waals surface area contributed by atoms with Crippen LogP contribution in [-0.4, -0.2) is 15.8 Å². The van der Waals surface area contributed by atoms with Crippen molar-refractivity contribution in [1.82, 2.24) is 9.97 Å². The Labute approximate surface area is 126 Å². The third kappa shape index (κ3) is 2.66. The van der Waals surface area contributed by atoms with E-state index in [1.165, 1.54) is 18.3 Å². The first kappa shape index (κ1) is 14.1. The summed E-state index contributed by atoms with van der Waals surface area (Å²) in [5.41, 5.74) is 1.67. The van der Waals surface area contributed by atoms with Gasteiger partial charge in [-0.2, -0.15) is 5.26 Å². The number of fused-ring (bicyclic) bond motifs is 1. The molecule has 0 bridgehead atoms. The molecule has 0 spiro atoms. The molecule has 1 aromatic heterocycles. The van der Waals surface area contributed by atoms with E-state index in [4.69, 9.17) is 5.26 Å². The molecule has 1 aliphatic rings. The topological polar surface area (TPSA) is 78.7 Å². The zero-order chi connectivity index (χ0) is 15.7. The fourth-order valence-corrected chi connectivity index (χ4v) is 2.50. The van der Waals surface area contributed by atoms with Crippen LogP contribution < -0.4 is 5.32 Å². The summed E-state index contributed by atoms with van der Waals surface area (Å²) < 4.78 is 13.9. The van der Waals surface area contributed by atoms with Gasteiger partial charge in [0, 0.05) is 12.6 Å². The molecule has 1 N–H and O–H groups in total. The average Bonchev–Trinajstić information content (AvgIpc) is 2.48. The fraction of sp³-hybridized carbons (Fsp3) is 0.250. The molecule has 2 aromatic rings. The highest BCUT2D eigenvalue weighted by atomic mass is 19.1. The van der Waals surface area contributed by atoms with Crippen molar-refractivity contribution >= 4 is 17.4 Å². The summed E-state index contributed by atoms with van der Waals surface area (Å²) in [6, 6.07) is 5.99. The van der Waals surface area contributed by atoms with Gasteiger partial charge in [-0.25, -0.2) is 14.4 Å². The van der Waals surface area contributed by atoms with Crippen LogP contribution in [-0.2, 0) is 6.42 Å². The van der Waals surface area contributed by atoms with Gasteiger partial charge in [-0.15, -0.1) is 0 Å². The molecule has 0 fully saturated rings. The van der Waals surface area contributed by atoms with Gasteiger partial charge in [-0.3, -0.25) is 4.79 Å². The van der Waals surface area contributed by atoms with Crippen LogP contribution in [0, 0.1) is 23.1 Å². The number of nitrogens with one attached hydrogen (secondary N) is 1. The lowest BCUT2D eigenvalue weighted by atomic mass is 9.88. The van der Waals surface area contributed by atoms with Gasteiger partial charge in [0.25, 0.3) is 0 Å². The number of rotatable bonds is 2. The Morgan fingerprint density at radius 1 is 1.41 bits per heavy atom. The van der Waals surface area contributed by atoms with Crippen LogP contribution in [0.2, 0.25) is 0 Å². The number of anilines is 2. The van der Waals surface area contributed by atoms with E-state index < -0.39 is 5.82 Å². The molecule has 0 amide bonds. The predicted octanol–water partition coefficient (Wildman–Crippen LogP) is 3.00. The van der Waals surface area contributed by atoms with Gasteiger partial charge in [-0.05, 0) is 30.5 Å². The summed E-state index contributed by atoms with van der Waals surface area (Å²) in [6.45, 7) is 2.00. The largest absolute Gasteiger partial charge is 0.322 e. The van der Waals surface area contributed by atoms with Crippen LogP contribution in [0.3, 0.4) is 0 Å². The molecule has 3 rings (SSSR count). The average molecular weight is 296 g/mol. The molecule has 1 atom stereocenters. The Hall–Kier alpha value is -2.81. The molecular formula is C16H13FN4O. The maximum Gasteiger partial charge on any atom is 0.227 e. The molecule has 1 unspecified atom stereocenters. The van der Waals surface area contributed by atoms with Gasteiger partial charge in [0.2, 0.25) is 5.95 Å². The van der Waals surface area contributed by atoms with Crippen molar-refractivity contribution in [3.8, 4) is 6.07 Å². The normalized spacial score (nSPS) is 16.8. The monoisotopic (exact) mass is 296 g/mol. The maximum atomic E-state index is 13.9. The van der Waals surface area contributed by atoms with Gasteiger partial charge < -0.3 is 5.32 Å². The second-order valence-electron chi connectivity index (χ2n) is 5.42. The molecule has 1 aromatic carbocycles. The Morgan fingerprint density at radius 3 is 2.95 bits per heavy atom. The van der Waals surface area contributed by atoms with Gasteiger partial charge in [0.1, 0.15) is 5.82 Å². The summed E-state index contributed by atoms with van der Waals surface area (Å²) in [7, 11) is 0. The highest BCUT2D eigenvalue weighted by Gasteiger charge is 2.24. The van der Waals surface area contributed by atoms with E-state index in [1.54, 1.807) is 0 Å². The zero-order valence-corrected chi connectivity index (χ0v) is 11.9. The first-order chi connectivity index (χ1) is 10.6. The van der Waals surface area contributed by atoms with Gasteiger partial charge in [-0.1, -0.05) is 6.92 Å². The molecular weight excluding hydrogens is 283 g/mol. The number of carbonyl (C=O) groups excluding carboxylic acids is 1. The lowest BCUT2D eigenvalue weighted by Gasteiger charge is -2.19. The summed E-state index contributed by atoms with van der Waals surface area (Å²) in [5.74, 6) is -0.0201. The minimum absolute atomic E-state index is 0.0462. The van der Waals surface area contributed by atoms with E-state index in [-0.39, 0.29) is 28.9 Å². The van der Waals surface area contributed by atoms with E-state index in [2.05, 4.69) is 15.3 Å². The van der Waals surface area contributed by atoms with Gasteiger partial charge in [0.15, 0.2) is 5.78 Å². The van der Waals surface area contributed by atoms with E-state index in [1.807, 2.05) is 13.0 Å². The molecule has 1 aliphatic carbocycles. The molecule has 0 aliphatic heterocycles. The third-order valence-corrected chi connectivity index (χ3v) is 3.59. The van der Waals surface area contributed by atoms with Crippen LogP contribution in [0.1, 0.15) is 35.0 Å². The van der Waals surface area contributed by atoms with Crippen molar-refractivity contribution in [3.63, 3.8) is 0 Å². The maximum absolute atomic E-state index is 13.9. The molecule has 0 saturated carbocycles. The number of ketones is 1. The second kappa shape index (κ2) is 5.53. The number of halogens is 1. The van der Waals surface area contributed by atoms with Crippen LogP contribution in [0.15, 0.2) is 24.4 Å². The highest BCUT2D eigenvalue weighted by molar-refractivity contribution is 5.98. The number of hydrogen-bond acceptors (Lipinski definition) is 5. The predicted molar refractivity (Wildman–Crippen MR) is 78.2 cm³/mol. The van der Waals surface area contributed by atoms with Gasteiger partial charge >= 0.3 is 0 Å². The number of Topliss-reactive ketones (excluding diaryl/α,β-unsaturated/α-hetero) is 1. The summed E-state index contributed by atoms with van der Waals surface area (Å²) in [4.78, 5) is 20.3. The molecule has 1 heterocycles. The lowest BCUT2D eigenvalue weighted by Crippen LogP contribution is -2.20.